The molecule has 2 heterocycles. The number of hydrogen-bond acceptors (Lipinski definition) is 7. The molecule has 2 aromatic rings. The Morgan fingerprint density at radius 1 is 1.19 bits per heavy atom. The smallest absolute Gasteiger partial charge is 0.286 e. The van der Waals surface area contributed by atoms with E-state index in [4.69, 9.17) is 4.74 Å². The first-order valence-electron chi connectivity index (χ1n) is 9.66. The van der Waals surface area contributed by atoms with E-state index in [0.717, 1.165) is 31.9 Å². The Bertz CT molecular complexity index is 1080. The summed E-state index contributed by atoms with van der Waals surface area (Å²) in [4.78, 5) is 30.8. The number of carbonyl (C=O) groups excluding carboxylic acids is 1. The number of rotatable bonds is 4. The molecule has 0 saturated carbocycles. The van der Waals surface area contributed by atoms with E-state index in [1.807, 2.05) is 0 Å². The Morgan fingerprint density at radius 2 is 1.90 bits per heavy atom. The van der Waals surface area contributed by atoms with Gasteiger partial charge in [-0.25, -0.2) is 0 Å². The molecule has 2 aromatic carbocycles. The maximum absolute atomic E-state index is 12.4. The minimum absolute atomic E-state index is 0.0823. The molecule has 1 amide bonds. The van der Waals surface area contributed by atoms with E-state index in [2.05, 4.69) is 9.89 Å². The fourth-order valence-electron chi connectivity index (χ4n) is 3.53. The molecule has 4 rings (SSSR count). The molecule has 1 saturated heterocycles. The van der Waals surface area contributed by atoms with Crippen molar-refractivity contribution in [3.05, 3.63) is 63.0 Å². The summed E-state index contributed by atoms with van der Waals surface area (Å²) >= 11 is 1.32. The second-order valence-corrected chi connectivity index (χ2v) is 8.12. The molecule has 0 aromatic heterocycles. The van der Waals surface area contributed by atoms with E-state index in [1.165, 1.54) is 42.0 Å². The Balaban J connectivity index is 1.39. The lowest BCUT2D eigenvalue weighted by Gasteiger charge is -2.32. The fourth-order valence-corrected chi connectivity index (χ4v) is 4.50. The Kier molecular flexibility index (Phi) is 5.92. The number of nitro groups is 1. The first-order chi connectivity index (χ1) is 14.9. The molecule has 1 fully saturated rings. The third-order valence-electron chi connectivity index (χ3n) is 5.22. The molecular weight excluding hydrogens is 420 g/mol. The van der Waals surface area contributed by atoms with Crippen molar-refractivity contribution in [2.45, 2.75) is 0 Å². The highest BCUT2D eigenvalue weighted by Crippen LogP contribution is 2.32. The number of thioether (sulfide) groups is 1. The van der Waals surface area contributed by atoms with Crippen molar-refractivity contribution >= 4 is 40.3 Å². The summed E-state index contributed by atoms with van der Waals surface area (Å²) in [6.45, 7) is 3.04. The lowest BCUT2D eigenvalue weighted by atomic mass is 10.2. The molecular formula is C21H20N4O5S. The van der Waals surface area contributed by atoms with Crippen molar-refractivity contribution in [1.29, 1.82) is 0 Å². The van der Waals surface area contributed by atoms with E-state index in [-0.39, 0.29) is 23.1 Å². The first kappa shape index (κ1) is 20.9. The van der Waals surface area contributed by atoms with Gasteiger partial charge in [0.2, 0.25) is 0 Å². The van der Waals surface area contributed by atoms with Crippen LogP contribution in [-0.2, 0) is 4.79 Å². The maximum Gasteiger partial charge on any atom is 0.286 e. The number of aliphatic imine (C=N–C) groups is 1. The quantitative estimate of drug-likeness (QED) is 0.432. The standard InChI is InChI=1S/C21H20N4O5S/c1-30-18-12-14(2-7-17(18)26)13-19-20(27)22-21(31-19)24-10-8-23(9-11-24)15-3-5-16(6-4-15)25(28)29/h2-7,12-13,26H,8-11H2,1H3. The summed E-state index contributed by atoms with van der Waals surface area (Å²) in [5.74, 6) is -0.271. The minimum Gasteiger partial charge on any atom is -0.870 e. The van der Waals surface area contributed by atoms with Crippen LogP contribution in [0, 0.1) is 10.1 Å². The molecule has 2 aliphatic rings. The Hall–Kier alpha value is -3.37. The van der Waals surface area contributed by atoms with Crippen LogP contribution < -0.4 is 14.7 Å². The largest absolute Gasteiger partial charge is 0.870 e. The number of nitrogens with one attached hydrogen (secondary N) is 1. The SMILES string of the molecule is COc1cc(C=C2SC(N3CC[NH+](c4ccc([N+](=O)[O-])cc4)CC3)=NC2=O)ccc1[O-]. The lowest BCUT2D eigenvalue weighted by molar-refractivity contribution is -0.837. The summed E-state index contributed by atoms with van der Waals surface area (Å²) in [6, 6.07) is 11.3. The van der Waals surface area contributed by atoms with Gasteiger partial charge in [-0.2, -0.15) is 4.99 Å². The highest BCUT2D eigenvalue weighted by atomic mass is 32.2. The van der Waals surface area contributed by atoms with Crippen LogP contribution in [0.2, 0.25) is 0 Å². The van der Waals surface area contributed by atoms with Crippen molar-refractivity contribution in [3.8, 4) is 11.5 Å². The van der Waals surface area contributed by atoms with Crippen LogP contribution in [0.1, 0.15) is 5.56 Å². The van der Waals surface area contributed by atoms with Crippen molar-refractivity contribution in [1.82, 2.24) is 4.90 Å². The van der Waals surface area contributed by atoms with E-state index in [1.54, 1.807) is 30.3 Å². The molecule has 0 spiro atoms. The van der Waals surface area contributed by atoms with Crippen LogP contribution in [0.15, 0.2) is 52.4 Å². The zero-order chi connectivity index (χ0) is 22.0. The molecule has 160 valence electrons. The zero-order valence-electron chi connectivity index (χ0n) is 16.7. The average molecular weight is 440 g/mol. The van der Waals surface area contributed by atoms with Gasteiger partial charge in [-0.1, -0.05) is 17.9 Å². The lowest BCUT2D eigenvalue weighted by Crippen LogP contribution is -3.10. The van der Waals surface area contributed by atoms with Gasteiger partial charge in [-0.15, -0.1) is 0 Å². The van der Waals surface area contributed by atoms with E-state index in [9.17, 15) is 20.0 Å². The van der Waals surface area contributed by atoms with Crippen molar-refractivity contribution in [2.75, 3.05) is 33.3 Å². The molecule has 9 nitrogen and oxygen atoms in total. The summed E-state index contributed by atoms with van der Waals surface area (Å²) in [6.07, 6.45) is 1.71. The molecule has 1 N–H and O–H groups in total. The van der Waals surface area contributed by atoms with Crippen LogP contribution in [0.4, 0.5) is 11.4 Å². The second-order valence-electron chi connectivity index (χ2n) is 7.12. The number of nitrogens with zero attached hydrogens (tertiary/aromatic N) is 3. The highest BCUT2D eigenvalue weighted by molar-refractivity contribution is 8.18. The summed E-state index contributed by atoms with van der Waals surface area (Å²) in [5, 5.41) is 23.1. The van der Waals surface area contributed by atoms with Crippen molar-refractivity contribution < 1.29 is 24.5 Å². The number of methoxy groups -OCH3 is 1. The van der Waals surface area contributed by atoms with Gasteiger partial charge in [0, 0.05) is 24.3 Å². The molecule has 10 heteroatoms. The van der Waals surface area contributed by atoms with Crippen LogP contribution in [0.25, 0.3) is 6.08 Å². The van der Waals surface area contributed by atoms with Gasteiger partial charge in [0.05, 0.1) is 43.1 Å². The Labute approximate surface area is 182 Å². The van der Waals surface area contributed by atoms with Gasteiger partial charge in [-0.05, 0) is 29.5 Å². The predicted octanol–water partition coefficient (Wildman–Crippen LogP) is 1.18. The molecule has 0 unspecified atom stereocenters. The number of non-ortho nitro benzene ring substituents is 1. The van der Waals surface area contributed by atoms with E-state index in [0.29, 0.717) is 15.6 Å². The zero-order valence-corrected chi connectivity index (χ0v) is 17.6. The van der Waals surface area contributed by atoms with Gasteiger partial charge < -0.3 is 14.7 Å². The number of carbonyl (C=O) groups is 1. The van der Waals surface area contributed by atoms with E-state index >= 15 is 0 Å². The van der Waals surface area contributed by atoms with Crippen LogP contribution in [0.5, 0.6) is 11.5 Å². The molecule has 0 aliphatic carbocycles. The third-order valence-corrected chi connectivity index (χ3v) is 6.26. The van der Waals surface area contributed by atoms with Gasteiger partial charge in [0.15, 0.2) is 5.17 Å². The van der Waals surface area contributed by atoms with Crippen LogP contribution in [0.3, 0.4) is 0 Å². The van der Waals surface area contributed by atoms with Crippen LogP contribution in [-0.4, -0.2) is 54.2 Å². The highest BCUT2D eigenvalue weighted by Gasteiger charge is 2.30. The van der Waals surface area contributed by atoms with Gasteiger partial charge in [-0.3, -0.25) is 19.8 Å². The third kappa shape index (κ3) is 4.54. The number of quaternary nitrogens is 1. The van der Waals surface area contributed by atoms with E-state index < -0.39 is 4.92 Å². The summed E-state index contributed by atoms with van der Waals surface area (Å²) in [7, 11) is 1.43. The van der Waals surface area contributed by atoms with Crippen molar-refractivity contribution in [3.63, 3.8) is 0 Å². The second kappa shape index (κ2) is 8.78. The number of nitro benzene ring substituents is 1. The number of amides is 1. The molecule has 2 aliphatic heterocycles. The predicted molar refractivity (Wildman–Crippen MR) is 115 cm³/mol. The van der Waals surface area contributed by atoms with Gasteiger partial charge in [0.25, 0.3) is 11.6 Å². The fraction of sp³-hybridized carbons (Fsp3) is 0.238. The number of ether oxygens (including phenoxy) is 1. The Morgan fingerprint density at radius 3 is 2.55 bits per heavy atom. The van der Waals surface area contributed by atoms with Crippen LogP contribution >= 0.6 is 11.8 Å². The maximum atomic E-state index is 12.4. The average Bonchev–Trinajstić information content (AvgIpc) is 3.15. The normalized spacial score (nSPS) is 18.4. The number of benzene rings is 2. The first-order valence-corrected chi connectivity index (χ1v) is 10.5. The topological polar surface area (TPSA) is 113 Å². The summed E-state index contributed by atoms with van der Waals surface area (Å²) < 4.78 is 5.05. The number of piperazine rings is 1. The number of amidine groups is 1. The molecule has 0 bridgehead atoms. The molecule has 0 atom stereocenters. The molecule has 0 radical (unpaired) electrons. The minimum atomic E-state index is -0.403. The van der Waals surface area contributed by atoms with Crippen molar-refractivity contribution in [2.24, 2.45) is 4.99 Å². The van der Waals surface area contributed by atoms with Gasteiger partial charge >= 0.3 is 0 Å². The molecule has 31 heavy (non-hydrogen) atoms. The summed E-state index contributed by atoms with van der Waals surface area (Å²) in [5.41, 5.74) is 1.80. The number of hydrogen-bond donors (Lipinski definition) is 1. The van der Waals surface area contributed by atoms with Gasteiger partial charge in [0.1, 0.15) is 11.4 Å². The monoisotopic (exact) mass is 440 g/mol.